The quantitative estimate of drug-likeness (QED) is 0.718. The first-order valence-corrected chi connectivity index (χ1v) is 9.80. The molecule has 5 fully saturated rings. The largest absolute Gasteiger partial charge is 0.298 e. The van der Waals surface area contributed by atoms with Gasteiger partial charge in [-0.3, -0.25) is 24.1 Å². The van der Waals surface area contributed by atoms with Crippen LogP contribution in [-0.2, 0) is 19.2 Å². The maximum atomic E-state index is 12.9. The van der Waals surface area contributed by atoms with Crippen LogP contribution in [0, 0.1) is 29.1 Å². The van der Waals surface area contributed by atoms with Crippen molar-refractivity contribution in [2.24, 2.45) is 29.1 Å². The van der Waals surface area contributed by atoms with E-state index >= 15 is 0 Å². The zero-order chi connectivity index (χ0) is 17.8. The van der Waals surface area contributed by atoms with Crippen molar-refractivity contribution in [2.45, 2.75) is 64.7 Å². The smallest absolute Gasteiger partial charge is 0.247 e. The van der Waals surface area contributed by atoms with Gasteiger partial charge in [0.15, 0.2) is 17.5 Å². The predicted octanol–water partition coefficient (Wildman–Crippen LogP) is 2.52. The molecule has 4 bridgehead atoms. The van der Waals surface area contributed by atoms with Gasteiger partial charge in [-0.25, -0.2) is 0 Å². The van der Waals surface area contributed by atoms with Crippen molar-refractivity contribution >= 4 is 23.4 Å². The van der Waals surface area contributed by atoms with Gasteiger partial charge in [0.25, 0.3) is 0 Å². The molecule has 0 N–H and O–H groups in total. The zero-order valence-corrected chi connectivity index (χ0v) is 15.0. The fourth-order valence-corrected chi connectivity index (χ4v) is 6.47. The summed E-state index contributed by atoms with van der Waals surface area (Å²) < 4.78 is 0. The molecule has 136 valence electrons. The lowest BCUT2D eigenvalue weighted by molar-refractivity contribution is -0.146. The number of rotatable bonds is 5. The summed E-state index contributed by atoms with van der Waals surface area (Å²) in [4.78, 5) is 50.7. The topological polar surface area (TPSA) is 71.5 Å². The van der Waals surface area contributed by atoms with Gasteiger partial charge in [0.05, 0.1) is 6.54 Å². The number of hydrogen-bond acceptors (Lipinski definition) is 4. The fraction of sp³-hybridized carbons (Fsp3) is 0.800. The number of hydrogen-bond donors (Lipinski definition) is 0. The third-order valence-corrected chi connectivity index (χ3v) is 6.95. The van der Waals surface area contributed by atoms with Crippen LogP contribution in [0.5, 0.6) is 0 Å². The normalized spacial score (nSPS) is 39.3. The van der Waals surface area contributed by atoms with E-state index < -0.39 is 11.8 Å². The SMILES string of the molecule is CCCC(=O)N1CC(=O)C(C(=O)CC23CC4CC(CC(C4)C2)C3)C1=O. The molecule has 2 amide bonds. The minimum Gasteiger partial charge on any atom is -0.298 e. The van der Waals surface area contributed by atoms with Crippen molar-refractivity contribution in [1.82, 2.24) is 4.90 Å². The maximum absolute atomic E-state index is 12.9. The molecule has 4 saturated carbocycles. The molecule has 5 aliphatic rings. The van der Waals surface area contributed by atoms with Gasteiger partial charge in [-0.2, -0.15) is 0 Å². The second kappa shape index (κ2) is 6.03. The van der Waals surface area contributed by atoms with Crippen LogP contribution in [0.1, 0.15) is 64.7 Å². The Balaban J connectivity index is 1.47. The maximum Gasteiger partial charge on any atom is 0.247 e. The molecule has 4 aliphatic carbocycles. The summed E-state index contributed by atoms with van der Waals surface area (Å²) >= 11 is 0. The molecule has 0 spiro atoms. The first kappa shape index (κ1) is 16.9. The Labute approximate surface area is 148 Å². The second-order valence-electron chi connectivity index (χ2n) is 9.03. The highest BCUT2D eigenvalue weighted by Gasteiger charge is 2.54. The number of imide groups is 1. The lowest BCUT2D eigenvalue weighted by Crippen LogP contribution is -2.48. The van der Waals surface area contributed by atoms with E-state index in [1.54, 1.807) is 0 Å². The zero-order valence-electron chi connectivity index (χ0n) is 15.0. The summed E-state index contributed by atoms with van der Waals surface area (Å²) in [5.74, 6) is -0.532. The van der Waals surface area contributed by atoms with Crippen molar-refractivity contribution in [2.75, 3.05) is 6.54 Å². The van der Waals surface area contributed by atoms with E-state index in [0.717, 1.165) is 41.9 Å². The number of likely N-dealkylation sites (tertiary alicyclic amines) is 1. The monoisotopic (exact) mass is 345 g/mol. The number of carbonyl (C=O) groups excluding carboxylic acids is 4. The van der Waals surface area contributed by atoms with Crippen molar-refractivity contribution < 1.29 is 19.2 Å². The van der Waals surface area contributed by atoms with Gasteiger partial charge >= 0.3 is 0 Å². The third-order valence-electron chi connectivity index (χ3n) is 6.95. The standard InChI is InChI=1S/C20H27NO4/c1-2-3-17(24)21-11-16(23)18(19(21)25)15(22)10-20-7-12-4-13(8-20)6-14(5-12)9-20/h12-14,18H,2-11H2,1H3. The molecule has 1 atom stereocenters. The van der Waals surface area contributed by atoms with Crippen LogP contribution >= 0.6 is 0 Å². The van der Waals surface area contributed by atoms with Gasteiger partial charge in [0, 0.05) is 12.8 Å². The molecule has 1 heterocycles. The second-order valence-corrected chi connectivity index (χ2v) is 9.03. The van der Waals surface area contributed by atoms with Crippen LogP contribution < -0.4 is 0 Å². The molecule has 1 saturated heterocycles. The molecule has 5 nitrogen and oxygen atoms in total. The predicted molar refractivity (Wildman–Crippen MR) is 90.4 cm³/mol. The van der Waals surface area contributed by atoms with E-state index in [1.807, 2.05) is 6.92 Å². The molecular formula is C20H27NO4. The molecular weight excluding hydrogens is 318 g/mol. The minimum absolute atomic E-state index is 0.0211. The summed E-state index contributed by atoms with van der Waals surface area (Å²) in [6.45, 7) is 1.64. The van der Waals surface area contributed by atoms with Crippen molar-refractivity contribution in [1.29, 1.82) is 0 Å². The van der Waals surface area contributed by atoms with Gasteiger partial charge in [-0.05, 0) is 68.1 Å². The van der Waals surface area contributed by atoms with Crippen LogP contribution in [0.2, 0.25) is 0 Å². The average Bonchev–Trinajstić information content (AvgIpc) is 2.80. The van der Waals surface area contributed by atoms with Crippen molar-refractivity contribution in [3.63, 3.8) is 0 Å². The minimum atomic E-state index is -1.21. The summed E-state index contributed by atoms with van der Waals surface area (Å²) in [6, 6.07) is 0. The lowest BCUT2D eigenvalue weighted by atomic mass is 9.48. The number of carbonyl (C=O) groups is 4. The average molecular weight is 345 g/mol. The van der Waals surface area contributed by atoms with E-state index in [4.69, 9.17) is 0 Å². The number of nitrogens with zero attached hydrogens (tertiary/aromatic N) is 1. The highest BCUT2D eigenvalue weighted by molar-refractivity contribution is 6.26. The number of amides is 2. The van der Waals surface area contributed by atoms with E-state index in [-0.39, 0.29) is 35.9 Å². The molecule has 25 heavy (non-hydrogen) atoms. The molecule has 0 aromatic heterocycles. The summed E-state index contributed by atoms with van der Waals surface area (Å²) in [6.07, 6.45) is 8.37. The number of ketones is 2. The first-order chi connectivity index (χ1) is 11.9. The molecule has 5 rings (SSSR count). The fourth-order valence-electron chi connectivity index (χ4n) is 6.47. The van der Waals surface area contributed by atoms with Gasteiger partial charge in [-0.15, -0.1) is 0 Å². The van der Waals surface area contributed by atoms with E-state index in [9.17, 15) is 19.2 Å². The van der Waals surface area contributed by atoms with Crippen LogP contribution in [0.3, 0.4) is 0 Å². The molecule has 0 aromatic rings. The van der Waals surface area contributed by atoms with E-state index in [2.05, 4.69) is 0 Å². The molecule has 1 unspecified atom stereocenters. The van der Waals surface area contributed by atoms with Gasteiger partial charge in [0.2, 0.25) is 11.8 Å². The van der Waals surface area contributed by atoms with Crippen LogP contribution in [0.25, 0.3) is 0 Å². The van der Waals surface area contributed by atoms with Crippen LogP contribution in [0.4, 0.5) is 0 Å². The Kier molecular flexibility index (Phi) is 4.08. The van der Waals surface area contributed by atoms with Crippen molar-refractivity contribution in [3.05, 3.63) is 0 Å². The Morgan fingerprint density at radius 2 is 1.60 bits per heavy atom. The van der Waals surface area contributed by atoms with E-state index in [1.165, 1.54) is 19.3 Å². The van der Waals surface area contributed by atoms with Gasteiger partial charge < -0.3 is 0 Å². The Bertz CT molecular complexity index is 602. The Morgan fingerprint density at radius 1 is 1.04 bits per heavy atom. The van der Waals surface area contributed by atoms with Gasteiger partial charge in [-0.1, -0.05) is 6.92 Å². The van der Waals surface area contributed by atoms with E-state index in [0.29, 0.717) is 12.8 Å². The molecule has 5 heteroatoms. The van der Waals surface area contributed by atoms with Crippen molar-refractivity contribution in [3.8, 4) is 0 Å². The Morgan fingerprint density at radius 3 is 2.12 bits per heavy atom. The summed E-state index contributed by atoms with van der Waals surface area (Å²) in [5, 5.41) is 0. The Hall–Kier alpha value is -1.52. The van der Waals surface area contributed by atoms with Crippen LogP contribution in [-0.4, -0.2) is 34.8 Å². The first-order valence-electron chi connectivity index (χ1n) is 9.80. The highest BCUT2D eigenvalue weighted by atomic mass is 16.2. The van der Waals surface area contributed by atoms with Gasteiger partial charge in [0.1, 0.15) is 0 Å². The lowest BCUT2D eigenvalue weighted by Gasteiger charge is -2.56. The molecule has 1 aliphatic heterocycles. The number of Topliss-reactive ketones (excluding diaryl/α,β-unsaturated/α-hetero) is 2. The highest BCUT2D eigenvalue weighted by Crippen LogP contribution is 2.61. The molecule has 0 aromatic carbocycles. The molecule has 0 radical (unpaired) electrons. The summed E-state index contributed by atoms with van der Waals surface area (Å²) in [7, 11) is 0. The third kappa shape index (κ3) is 2.85. The summed E-state index contributed by atoms with van der Waals surface area (Å²) in [5.41, 5.74) is 0.0211. The van der Waals surface area contributed by atoms with Crippen LogP contribution in [0.15, 0.2) is 0 Å².